The molecule has 1 aliphatic carbocycles. The summed E-state index contributed by atoms with van der Waals surface area (Å²) in [6, 6.07) is 1.10. The average Bonchev–Trinajstić information content (AvgIpc) is 3.54. The molecule has 1 aromatic heterocycles. The Morgan fingerprint density at radius 2 is 2.09 bits per heavy atom. The number of carboxylic acid groups (broad SMARTS) is 1. The number of urea groups is 1. The largest absolute Gasteiger partial charge is 0.465 e. The fourth-order valence-electron chi connectivity index (χ4n) is 3.69. The summed E-state index contributed by atoms with van der Waals surface area (Å²) >= 11 is 0. The summed E-state index contributed by atoms with van der Waals surface area (Å²) < 4.78 is 45.9. The van der Waals surface area contributed by atoms with Gasteiger partial charge in [-0.2, -0.15) is 0 Å². The minimum atomic E-state index is -3.55. The van der Waals surface area contributed by atoms with Gasteiger partial charge in [0.1, 0.15) is 5.82 Å². The molecule has 12 heteroatoms. The number of carbonyl (C=O) groups is 2. The number of nitrogens with one attached hydrogen (secondary N) is 3. The van der Waals surface area contributed by atoms with Gasteiger partial charge in [0.15, 0.2) is 5.54 Å². The summed E-state index contributed by atoms with van der Waals surface area (Å²) in [7, 11) is 0. The van der Waals surface area contributed by atoms with E-state index in [1.54, 1.807) is 0 Å². The molecule has 0 bridgehead atoms. The van der Waals surface area contributed by atoms with Crippen molar-refractivity contribution in [1.29, 1.82) is 0 Å². The number of aryl methyl sites for hydroxylation is 1. The molecule has 178 valence electrons. The summed E-state index contributed by atoms with van der Waals surface area (Å²) in [5, 5.41) is 15.3. The number of rotatable bonds is 4. The fourth-order valence-corrected chi connectivity index (χ4v) is 3.69. The Kier molecular flexibility index (Phi) is 5.51. The van der Waals surface area contributed by atoms with Crippen molar-refractivity contribution in [3.05, 3.63) is 51.3 Å². The highest BCUT2D eigenvalue weighted by atomic mass is 19.3. The highest BCUT2D eigenvalue weighted by Gasteiger charge is 2.55. The third kappa shape index (κ3) is 4.28. The van der Waals surface area contributed by atoms with Crippen LogP contribution in [0.15, 0.2) is 23.1 Å². The molecule has 34 heavy (non-hydrogen) atoms. The Labute approximate surface area is 191 Å². The van der Waals surface area contributed by atoms with E-state index in [0.717, 1.165) is 29.5 Å². The fraction of sp³-hybridized carbons (Fsp3) is 0.364. The van der Waals surface area contributed by atoms with Gasteiger partial charge in [-0.25, -0.2) is 27.7 Å². The highest BCUT2D eigenvalue weighted by Crippen LogP contribution is 2.44. The number of nitrogens with zero attached hydrogens (tertiary/aromatic N) is 2. The normalized spacial score (nSPS) is 19.3. The van der Waals surface area contributed by atoms with Crippen molar-refractivity contribution in [1.82, 2.24) is 14.9 Å². The van der Waals surface area contributed by atoms with E-state index in [9.17, 15) is 23.2 Å². The van der Waals surface area contributed by atoms with E-state index in [0.29, 0.717) is 6.92 Å². The molecule has 2 aromatic rings. The van der Waals surface area contributed by atoms with E-state index >= 15 is 4.39 Å². The Hall–Kier alpha value is -4.01. The molecule has 1 atom stereocenters. The molecule has 2 heterocycles. The third-order valence-corrected chi connectivity index (χ3v) is 5.50. The number of amides is 3. The number of halogens is 3. The maximum atomic E-state index is 15.2. The van der Waals surface area contributed by atoms with Gasteiger partial charge in [-0.1, -0.05) is 11.8 Å². The second-order valence-electron chi connectivity index (χ2n) is 8.34. The number of alkyl halides is 2. The van der Waals surface area contributed by atoms with Gasteiger partial charge in [0.2, 0.25) is 5.82 Å². The van der Waals surface area contributed by atoms with Gasteiger partial charge < -0.3 is 20.3 Å². The van der Waals surface area contributed by atoms with Gasteiger partial charge in [0.05, 0.1) is 12.2 Å². The van der Waals surface area contributed by atoms with Crippen molar-refractivity contribution < 1.29 is 27.9 Å². The number of carbonyl (C=O) groups excluding carboxylic acids is 1. The summed E-state index contributed by atoms with van der Waals surface area (Å²) in [6.07, 6.45) is 1.33. The zero-order chi connectivity index (χ0) is 24.8. The number of anilines is 2. The minimum absolute atomic E-state index is 0.0472. The van der Waals surface area contributed by atoms with E-state index in [1.807, 2.05) is 5.32 Å². The van der Waals surface area contributed by atoms with Gasteiger partial charge in [-0.3, -0.25) is 10.1 Å². The quantitative estimate of drug-likeness (QED) is 0.506. The SMILES string of the molecule is Cc1cn(Cc2cc3c(cc2F)[C@@](C#CC2CC2)(C(C)(F)F)NC(=O)N3)c(=O)c(NC(=O)O)n1. The van der Waals surface area contributed by atoms with Gasteiger partial charge in [0, 0.05) is 35.9 Å². The number of aromatic nitrogens is 2. The monoisotopic (exact) mass is 475 g/mol. The molecule has 4 rings (SSSR count). The van der Waals surface area contributed by atoms with Crippen LogP contribution >= 0.6 is 0 Å². The Morgan fingerprint density at radius 1 is 1.38 bits per heavy atom. The van der Waals surface area contributed by atoms with Gasteiger partial charge in [0.25, 0.3) is 11.5 Å². The third-order valence-electron chi connectivity index (χ3n) is 5.50. The van der Waals surface area contributed by atoms with E-state index in [-0.39, 0.29) is 35.0 Å². The van der Waals surface area contributed by atoms with Crippen LogP contribution in [0.2, 0.25) is 0 Å². The lowest BCUT2D eigenvalue weighted by Gasteiger charge is -2.40. The van der Waals surface area contributed by atoms with E-state index < -0.39 is 40.8 Å². The van der Waals surface area contributed by atoms with Gasteiger partial charge in [-0.15, -0.1) is 0 Å². The molecule has 3 amide bonds. The smallest absolute Gasteiger partial charge is 0.410 e. The van der Waals surface area contributed by atoms with Crippen LogP contribution in [0.4, 0.5) is 34.3 Å². The lowest BCUT2D eigenvalue weighted by molar-refractivity contribution is -0.0465. The molecule has 1 fully saturated rings. The minimum Gasteiger partial charge on any atom is -0.465 e. The maximum absolute atomic E-state index is 15.2. The van der Waals surface area contributed by atoms with Crippen LogP contribution in [0.3, 0.4) is 0 Å². The van der Waals surface area contributed by atoms with Crippen LogP contribution in [0.25, 0.3) is 0 Å². The molecule has 0 unspecified atom stereocenters. The Morgan fingerprint density at radius 3 is 2.71 bits per heavy atom. The number of fused-ring (bicyclic) bond motifs is 1. The van der Waals surface area contributed by atoms with Crippen molar-refractivity contribution in [3.8, 4) is 11.8 Å². The van der Waals surface area contributed by atoms with Crippen LogP contribution < -0.4 is 21.5 Å². The van der Waals surface area contributed by atoms with Gasteiger partial charge in [-0.05, 0) is 31.9 Å². The van der Waals surface area contributed by atoms with Crippen LogP contribution in [-0.2, 0) is 12.1 Å². The predicted molar refractivity (Wildman–Crippen MR) is 115 cm³/mol. The number of hydrogen-bond acceptors (Lipinski definition) is 4. The van der Waals surface area contributed by atoms with Crippen molar-refractivity contribution in [2.45, 2.75) is 44.7 Å². The zero-order valence-electron chi connectivity index (χ0n) is 18.1. The molecule has 0 saturated heterocycles. The first kappa shape index (κ1) is 23.2. The van der Waals surface area contributed by atoms with Crippen molar-refractivity contribution in [3.63, 3.8) is 0 Å². The molecule has 1 aliphatic heterocycles. The summed E-state index contributed by atoms with van der Waals surface area (Å²) in [4.78, 5) is 39.6. The zero-order valence-corrected chi connectivity index (χ0v) is 18.1. The lowest BCUT2D eigenvalue weighted by Crippen LogP contribution is -2.59. The first-order valence-electron chi connectivity index (χ1n) is 10.3. The molecule has 9 nitrogen and oxygen atoms in total. The maximum Gasteiger partial charge on any atom is 0.410 e. The summed E-state index contributed by atoms with van der Waals surface area (Å²) in [6.45, 7) is 1.74. The van der Waals surface area contributed by atoms with Crippen molar-refractivity contribution in [2.75, 3.05) is 10.6 Å². The second-order valence-corrected chi connectivity index (χ2v) is 8.34. The first-order valence-corrected chi connectivity index (χ1v) is 10.3. The van der Waals surface area contributed by atoms with E-state index in [2.05, 4.69) is 27.5 Å². The second kappa shape index (κ2) is 8.09. The molecule has 0 spiro atoms. The molecule has 1 saturated carbocycles. The topological polar surface area (TPSA) is 125 Å². The van der Waals surface area contributed by atoms with Crippen molar-refractivity contribution >= 4 is 23.6 Å². The highest BCUT2D eigenvalue weighted by molar-refractivity contribution is 5.95. The van der Waals surface area contributed by atoms with Crippen molar-refractivity contribution in [2.24, 2.45) is 5.92 Å². The van der Waals surface area contributed by atoms with E-state index in [4.69, 9.17) is 5.11 Å². The van der Waals surface area contributed by atoms with E-state index in [1.165, 1.54) is 13.1 Å². The summed E-state index contributed by atoms with van der Waals surface area (Å²) in [5.41, 5.74) is -3.40. The lowest BCUT2D eigenvalue weighted by atomic mass is 9.81. The van der Waals surface area contributed by atoms with Gasteiger partial charge >= 0.3 is 12.1 Å². The number of benzene rings is 1. The predicted octanol–water partition coefficient (Wildman–Crippen LogP) is 3.23. The van der Waals surface area contributed by atoms with Crippen LogP contribution in [0, 0.1) is 30.5 Å². The molecule has 0 radical (unpaired) electrons. The van der Waals surface area contributed by atoms with Crippen LogP contribution in [0.1, 0.15) is 36.6 Å². The Bertz CT molecular complexity index is 1320. The molecule has 2 aliphatic rings. The molecular formula is C22H20F3N5O4. The first-order chi connectivity index (χ1) is 15.9. The van der Waals surface area contributed by atoms with Crippen LogP contribution in [-0.4, -0.2) is 32.7 Å². The number of hydrogen-bond donors (Lipinski definition) is 4. The summed E-state index contributed by atoms with van der Waals surface area (Å²) in [5.74, 6) is 0.263. The standard InChI is InChI=1S/C22H20F3N5O4/c1-11-9-30(18(31)17(26-11)28-20(33)34)10-13-7-16-14(8-15(13)23)22(21(2,24)25,29-19(32)27-16)6-5-12-3-4-12/h7-9,12H,3-4,10H2,1-2H3,(H,26,28)(H,33,34)(H2,27,29,32)/t22-/m0/s1. The molecule has 1 aromatic carbocycles. The average molecular weight is 475 g/mol. The molecular weight excluding hydrogens is 455 g/mol. The molecule has 4 N–H and O–H groups in total. The van der Waals surface area contributed by atoms with Crippen LogP contribution in [0.5, 0.6) is 0 Å². The Balaban J connectivity index is 1.81.